The molecule has 1 unspecified atom stereocenters. The molecule has 0 aliphatic heterocycles. The van der Waals surface area contributed by atoms with Gasteiger partial charge in [0.15, 0.2) is 0 Å². The van der Waals surface area contributed by atoms with Crippen LogP contribution in [0.2, 0.25) is 0 Å². The van der Waals surface area contributed by atoms with Crippen LogP contribution in [0.5, 0.6) is 0 Å². The number of benzene rings is 2. The van der Waals surface area contributed by atoms with Crippen molar-refractivity contribution < 1.29 is 0 Å². The largest absolute Gasteiger partial charge is 0.107 e. The quantitative estimate of drug-likeness (QED) is 0.586. The Bertz CT molecular complexity index is 412. The van der Waals surface area contributed by atoms with Gasteiger partial charge in [-0.2, -0.15) is 0 Å². The second-order valence-corrected chi connectivity index (χ2v) is 4.67. The third-order valence-electron chi connectivity index (χ3n) is 2.20. The lowest BCUT2D eigenvalue weighted by molar-refractivity contribution is 1.52. The zero-order chi connectivity index (χ0) is 9.80. The second-order valence-electron chi connectivity index (χ2n) is 3.31. The predicted molar refractivity (Wildman–Crippen MR) is 80.6 cm³/mol. The van der Waals surface area contributed by atoms with E-state index in [1.54, 1.807) is 0 Å². The first-order valence-corrected chi connectivity index (χ1v) is 5.74. The van der Waals surface area contributed by atoms with Gasteiger partial charge in [0.1, 0.15) is 0 Å². The summed E-state index contributed by atoms with van der Waals surface area (Å²) in [6, 6.07) is 19.2. The van der Waals surface area contributed by atoms with Gasteiger partial charge in [0.2, 0.25) is 0 Å². The molecular weight excluding hydrogens is 314 g/mol. The molecule has 15 heavy (non-hydrogen) atoms. The zero-order valence-electron chi connectivity index (χ0n) is 8.60. The third kappa shape index (κ3) is 3.58. The van der Waals surface area contributed by atoms with Crippen molar-refractivity contribution in [2.75, 3.05) is 0 Å². The fourth-order valence-electron chi connectivity index (χ4n) is 1.39. The Morgan fingerprint density at radius 3 is 2.07 bits per heavy atom. The Balaban J connectivity index is 0.00000112. The minimum atomic E-state index is 0. The summed E-state index contributed by atoms with van der Waals surface area (Å²) in [6.45, 7) is 2.17. The van der Waals surface area contributed by atoms with Crippen molar-refractivity contribution in [3.05, 3.63) is 60.2 Å². The van der Waals surface area contributed by atoms with Gasteiger partial charge in [-0.1, -0.05) is 63.2 Å². The highest BCUT2D eigenvalue weighted by molar-refractivity contribution is 14.0. The minimum Gasteiger partial charge on any atom is -0.107 e. The molecule has 0 heterocycles. The van der Waals surface area contributed by atoms with Crippen molar-refractivity contribution in [2.24, 2.45) is 0 Å². The van der Waals surface area contributed by atoms with Gasteiger partial charge in [-0.05, 0) is 23.1 Å². The van der Waals surface area contributed by atoms with Gasteiger partial charge < -0.3 is 0 Å². The van der Waals surface area contributed by atoms with Crippen LogP contribution in [0, 0.1) is 6.92 Å². The Hall–Kier alpha value is -0.400. The minimum absolute atomic E-state index is 0. The summed E-state index contributed by atoms with van der Waals surface area (Å²) in [6.07, 6.45) is 0. The van der Waals surface area contributed by atoms with Crippen LogP contribution < -0.4 is 10.6 Å². The van der Waals surface area contributed by atoms with Gasteiger partial charge in [-0.3, -0.25) is 0 Å². The highest BCUT2D eigenvalue weighted by Crippen LogP contribution is 2.12. The molecule has 2 rings (SSSR count). The molecule has 0 nitrogen and oxygen atoms in total. The highest BCUT2D eigenvalue weighted by atomic mass is 127. The lowest BCUT2D eigenvalue weighted by Gasteiger charge is -2.04. The van der Waals surface area contributed by atoms with E-state index in [4.69, 9.17) is 0 Å². The number of hydrogen-bond donors (Lipinski definition) is 0. The first kappa shape index (κ1) is 12.7. The lowest BCUT2D eigenvalue weighted by Crippen LogP contribution is -2.05. The Labute approximate surface area is 110 Å². The van der Waals surface area contributed by atoms with E-state index < -0.39 is 0 Å². The molecule has 78 valence electrons. The number of hydrogen-bond acceptors (Lipinski definition) is 0. The molecule has 0 bridgehead atoms. The standard InChI is InChI=1S/C13H13P.HI/c1-11-7-5-6-10-13(11)14-12-8-3-2-4-9-12;/h2-10,14H,1H3;1H. The van der Waals surface area contributed by atoms with Crippen molar-refractivity contribution in [1.82, 2.24) is 0 Å². The molecule has 0 spiro atoms. The van der Waals surface area contributed by atoms with Crippen LogP contribution in [-0.2, 0) is 0 Å². The average Bonchev–Trinajstić information content (AvgIpc) is 2.23. The Morgan fingerprint density at radius 2 is 1.40 bits per heavy atom. The summed E-state index contributed by atoms with van der Waals surface area (Å²) < 4.78 is 0. The van der Waals surface area contributed by atoms with Crippen molar-refractivity contribution in [2.45, 2.75) is 6.92 Å². The van der Waals surface area contributed by atoms with E-state index in [1.807, 2.05) is 0 Å². The van der Waals surface area contributed by atoms with Crippen molar-refractivity contribution >= 4 is 43.2 Å². The topological polar surface area (TPSA) is 0 Å². The normalized spacial score (nSPS) is 10.2. The molecule has 0 fully saturated rings. The molecule has 2 aromatic carbocycles. The van der Waals surface area contributed by atoms with Gasteiger partial charge >= 0.3 is 0 Å². The molecule has 2 aromatic rings. The predicted octanol–water partition coefficient (Wildman–Crippen LogP) is 3.24. The van der Waals surface area contributed by atoms with Crippen LogP contribution in [0.3, 0.4) is 0 Å². The number of aryl methyl sites for hydroxylation is 1. The molecule has 0 aliphatic carbocycles. The molecule has 0 radical (unpaired) electrons. The van der Waals surface area contributed by atoms with Crippen LogP contribution in [0.1, 0.15) is 5.56 Å². The summed E-state index contributed by atoms with van der Waals surface area (Å²) in [5, 5.41) is 2.85. The molecule has 0 saturated carbocycles. The van der Waals surface area contributed by atoms with Gasteiger partial charge in [0, 0.05) is 0 Å². The first-order chi connectivity index (χ1) is 6.86. The molecule has 0 aromatic heterocycles. The maximum absolute atomic E-state index is 2.21. The van der Waals surface area contributed by atoms with Gasteiger partial charge in [0.25, 0.3) is 0 Å². The van der Waals surface area contributed by atoms with E-state index in [-0.39, 0.29) is 24.0 Å². The molecular formula is C13H14IP. The van der Waals surface area contributed by atoms with E-state index >= 15 is 0 Å². The molecule has 1 atom stereocenters. The van der Waals surface area contributed by atoms with Gasteiger partial charge in [0.05, 0.1) is 0 Å². The van der Waals surface area contributed by atoms with Crippen molar-refractivity contribution in [3.8, 4) is 0 Å². The number of rotatable bonds is 2. The smallest absolute Gasteiger partial charge is 0.0197 e. The van der Waals surface area contributed by atoms with Crippen LogP contribution in [0.15, 0.2) is 54.6 Å². The zero-order valence-corrected chi connectivity index (χ0v) is 11.9. The second kappa shape index (κ2) is 6.24. The Morgan fingerprint density at radius 1 is 0.800 bits per heavy atom. The van der Waals surface area contributed by atoms with E-state index in [0.29, 0.717) is 0 Å². The summed E-state index contributed by atoms with van der Waals surface area (Å²) >= 11 is 0. The third-order valence-corrected chi connectivity index (χ3v) is 3.65. The SMILES string of the molecule is Cc1ccccc1Pc1ccccc1.I. The highest BCUT2D eigenvalue weighted by Gasteiger charge is 1.97. The maximum Gasteiger partial charge on any atom is -0.0197 e. The van der Waals surface area contributed by atoms with Crippen molar-refractivity contribution in [1.29, 1.82) is 0 Å². The summed E-state index contributed by atoms with van der Waals surface area (Å²) in [5.74, 6) is 0. The molecule has 0 saturated heterocycles. The van der Waals surface area contributed by atoms with Crippen LogP contribution in [0.4, 0.5) is 0 Å². The fourth-order valence-corrected chi connectivity index (χ4v) is 2.52. The van der Waals surface area contributed by atoms with E-state index in [2.05, 4.69) is 61.5 Å². The Kier molecular flexibility index (Phi) is 5.27. The van der Waals surface area contributed by atoms with E-state index in [1.165, 1.54) is 16.2 Å². The summed E-state index contributed by atoms with van der Waals surface area (Å²) in [5.41, 5.74) is 1.38. The fraction of sp³-hybridized carbons (Fsp3) is 0.0769. The summed E-state index contributed by atoms with van der Waals surface area (Å²) in [7, 11) is 0.776. The first-order valence-electron chi connectivity index (χ1n) is 4.74. The molecule has 0 N–H and O–H groups in total. The number of halogens is 1. The van der Waals surface area contributed by atoms with E-state index in [9.17, 15) is 0 Å². The molecule has 0 aliphatic rings. The van der Waals surface area contributed by atoms with Gasteiger partial charge in [-0.15, -0.1) is 24.0 Å². The molecule has 0 amide bonds. The van der Waals surface area contributed by atoms with E-state index in [0.717, 1.165) is 8.58 Å². The van der Waals surface area contributed by atoms with Crippen LogP contribution in [-0.4, -0.2) is 0 Å². The maximum atomic E-state index is 2.21. The van der Waals surface area contributed by atoms with Gasteiger partial charge in [-0.25, -0.2) is 0 Å². The van der Waals surface area contributed by atoms with Crippen LogP contribution in [0.25, 0.3) is 0 Å². The lowest BCUT2D eigenvalue weighted by atomic mass is 10.2. The molecule has 2 heteroatoms. The van der Waals surface area contributed by atoms with Crippen molar-refractivity contribution in [3.63, 3.8) is 0 Å². The average molecular weight is 328 g/mol. The van der Waals surface area contributed by atoms with Crippen LogP contribution >= 0.6 is 32.6 Å². The monoisotopic (exact) mass is 328 g/mol. The summed E-state index contributed by atoms with van der Waals surface area (Å²) in [4.78, 5) is 0.